The first kappa shape index (κ1) is 54.4. The van der Waals surface area contributed by atoms with Crippen LogP contribution in [0.1, 0.15) is 162 Å². The number of ketones is 3. The number of rotatable bonds is 20. The number of fused-ring (bicyclic) bond motifs is 8. The lowest BCUT2D eigenvalue weighted by Gasteiger charge is -2.28. The summed E-state index contributed by atoms with van der Waals surface area (Å²) in [7, 11) is -2.28. The number of aromatic nitrogens is 4. The summed E-state index contributed by atoms with van der Waals surface area (Å²) in [6.45, 7) is 11.6. The summed E-state index contributed by atoms with van der Waals surface area (Å²) >= 11 is 0. The number of hydrogen-bond acceptors (Lipinski definition) is 9. The zero-order valence-electron chi connectivity index (χ0n) is 44.7. The molecule has 0 saturated heterocycles. The molecule has 2 aliphatic heterocycles. The minimum Gasteiger partial charge on any atom is -0.480 e. The Balaban J connectivity index is 0.919. The van der Waals surface area contributed by atoms with Crippen molar-refractivity contribution in [1.29, 1.82) is 0 Å². The fourth-order valence-corrected chi connectivity index (χ4v) is 16.4. The first-order chi connectivity index (χ1) is 37.1. The van der Waals surface area contributed by atoms with Crippen LogP contribution in [0.25, 0.3) is 22.1 Å². The van der Waals surface area contributed by atoms with Crippen LogP contribution in [-0.2, 0) is 19.2 Å². The molecule has 0 saturated carbocycles. The number of Topliss-reactive ketones (excluding diaryl/α,β-unsaturated/α-hetero) is 3. The highest BCUT2D eigenvalue weighted by Crippen LogP contribution is 2.56. The van der Waals surface area contributed by atoms with Crippen LogP contribution >= 0.6 is 7.26 Å². The third-order valence-corrected chi connectivity index (χ3v) is 20.8. The minimum absolute atomic E-state index is 0.0401. The van der Waals surface area contributed by atoms with E-state index in [1.54, 1.807) is 6.92 Å². The van der Waals surface area contributed by atoms with Crippen LogP contribution in [0.5, 0.6) is 0 Å². The van der Waals surface area contributed by atoms with Gasteiger partial charge in [-0.2, -0.15) is 0 Å². The van der Waals surface area contributed by atoms with E-state index in [0.29, 0.717) is 94.1 Å². The van der Waals surface area contributed by atoms with E-state index in [0.717, 1.165) is 39.3 Å². The van der Waals surface area contributed by atoms with Crippen molar-refractivity contribution in [3.8, 4) is 0 Å². The number of nitrogens with one attached hydrogen (secondary N) is 4. The summed E-state index contributed by atoms with van der Waals surface area (Å²) in [6, 6.07) is 36.0. The van der Waals surface area contributed by atoms with Gasteiger partial charge in [0.15, 0.2) is 17.3 Å². The molecule has 2 amide bonds. The standard InChI is InChI=1S/C62H68N7O7P/c1-7-43-35(2)46-33-51-55(39(6)70)37(4)48(66-51)31-47-36(3)44(59(68-47)57-58(62(75)76)61(74)56-38(5)49(69-60(56)57)32-50(43)65-46)26-27-53(72)64-29-18-17-25-45(52(71)34-63)67-54(73)28-30-77(40-19-11-8-12-20-40,41-21-13-9-14-22-41)42-23-15-10-16-24-42/h8-16,19-24,31-33,35-36,43-45,58H,7,17-18,25-30,34,63H2,1-6H3,(H4-,64,65,66,67,68,69,70,72,73,74,75,76)/p+1/t35-,36+,43-,44+,45+,58?/m1/s1. The monoisotopic (exact) mass is 1050 g/mol. The molecular weight excluding hydrogens is 986 g/mol. The molecule has 398 valence electrons. The third kappa shape index (κ3) is 10.6. The van der Waals surface area contributed by atoms with Crippen molar-refractivity contribution in [1.82, 2.24) is 30.6 Å². The molecule has 0 radical (unpaired) electrons. The maximum absolute atomic E-state index is 14.3. The summed E-state index contributed by atoms with van der Waals surface area (Å²) in [4.78, 5) is 98.7. The Bertz CT molecular complexity index is 3330. The molecule has 3 aromatic heterocycles. The SMILES string of the molecule is CC[C@H]1c2cc3[nH]c4c(c3C)C(=O)C(C(=O)O)c4c3nc(cc4[nH]c(cc(n2)[C@@H]1C)c(C(C)=O)c4C)[C@@H](C)[C@@H]3CCC(=O)NCCCC[C@H](NC(=O)CC[P+](c1ccccc1)(c1ccccc1)c1ccccc1)C(=O)CN. The molecule has 6 aromatic rings. The predicted octanol–water partition coefficient (Wildman–Crippen LogP) is 9.15. The van der Waals surface area contributed by atoms with Crippen LogP contribution in [0.4, 0.5) is 0 Å². The predicted molar refractivity (Wildman–Crippen MR) is 305 cm³/mol. The molecule has 14 nitrogen and oxygen atoms in total. The summed E-state index contributed by atoms with van der Waals surface area (Å²) in [5.74, 6) is -4.76. The van der Waals surface area contributed by atoms with Gasteiger partial charge in [-0.25, -0.2) is 0 Å². The third-order valence-electron chi connectivity index (χ3n) is 16.4. The van der Waals surface area contributed by atoms with Crippen molar-refractivity contribution < 1.29 is 33.9 Å². The average molecular weight is 1060 g/mol. The smallest absolute Gasteiger partial charge is 0.319 e. The van der Waals surface area contributed by atoms with E-state index in [1.165, 1.54) is 0 Å². The summed E-state index contributed by atoms with van der Waals surface area (Å²) in [6.07, 6.45) is 3.36. The lowest BCUT2D eigenvalue weighted by atomic mass is 9.84. The molecule has 9 rings (SSSR count). The number of hydrogen-bond donors (Lipinski definition) is 6. The highest BCUT2D eigenvalue weighted by atomic mass is 31.2. The Morgan fingerprint density at radius 2 is 1.30 bits per heavy atom. The number of amides is 2. The van der Waals surface area contributed by atoms with E-state index in [-0.39, 0.29) is 60.5 Å². The summed E-state index contributed by atoms with van der Waals surface area (Å²) in [5, 5.41) is 20.3. The molecule has 0 fully saturated rings. The first-order valence-electron chi connectivity index (χ1n) is 27.0. The van der Waals surface area contributed by atoms with Crippen molar-refractivity contribution in [2.24, 2.45) is 5.73 Å². The highest BCUT2D eigenvalue weighted by Gasteiger charge is 2.47. The molecule has 15 heteroatoms. The molecule has 0 spiro atoms. The van der Waals surface area contributed by atoms with Gasteiger partial charge in [-0.1, -0.05) is 75.4 Å². The van der Waals surface area contributed by atoms with Gasteiger partial charge >= 0.3 is 5.97 Å². The van der Waals surface area contributed by atoms with Gasteiger partial charge in [0.2, 0.25) is 11.8 Å². The van der Waals surface area contributed by atoms with Crippen LogP contribution in [0.2, 0.25) is 0 Å². The number of nitrogens with two attached hydrogens (primary N) is 1. The maximum Gasteiger partial charge on any atom is 0.319 e. The van der Waals surface area contributed by atoms with E-state index < -0.39 is 36.9 Å². The number of benzene rings is 3. The molecule has 8 bridgehead atoms. The van der Waals surface area contributed by atoms with Gasteiger partial charge in [-0.05, 0) is 119 Å². The zero-order chi connectivity index (χ0) is 54.7. The number of carboxylic acids is 1. The molecule has 1 aliphatic carbocycles. The lowest BCUT2D eigenvalue weighted by molar-refractivity contribution is -0.137. The van der Waals surface area contributed by atoms with Crippen molar-refractivity contribution in [2.45, 2.75) is 122 Å². The van der Waals surface area contributed by atoms with Crippen molar-refractivity contribution >= 4 is 80.4 Å². The number of H-pyrrole nitrogens is 2. The number of aryl methyl sites for hydroxylation is 2. The van der Waals surface area contributed by atoms with E-state index in [2.05, 4.69) is 70.8 Å². The normalized spacial score (nSPS) is 18.2. The topological polar surface area (TPSA) is 230 Å². The molecule has 7 N–H and O–H groups in total. The number of carboxylic acid groups (broad SMARTS) is 1. The van der Waals surface area contributed by atoms with Crippen LogP contribution in [0, 0.1) is 13.8 Å². The van der Waals surface area contributed by atoms with Gasteiger partial charge in [0, 0.05) is 81.4 Å². The average Bonchev–Trinajstić information content (AvgIpc) is 4.25. The molecular formula is C62H69N7O7P+. The number of unbranched alkanes of at least 4 members (excludes halogenated alkanes) is 1. The minimum atomic E-state index is -2.28. The van der Waals surface area contributed by atoms with Gasteiger partial charge in [0.05, 0.1) is 41.9 Å². The van der Waals surface area contributed by atoms with E-state index >= 15 is 0 Å². The highest BCUT2D eigenvalue weighted by molar-refractivity contribution is 7.95. The Morgan fingerprint density at radius 3 is 1.88 bits per heavy atom. The van der Waals surface area contributed by atoms with E-state index in [9.17, 15) is 33.9 Å². The zero-order valence-corrected chi connectivity index (χ0v) is 45.6. The van der Waals surface area contributed by atoms with Crippen molar-refractivity contribution in [2.75, 3.05) is 19.3 Å². The number of carbonyl (C=O) groups is 6. The van der Waals surface area contributed by atoms with Crippen molar-refractivity contribution in [3.63, 3.8) is 0 Å². The molecule has 6 atom stereocenters. The Kier molecular flexibility index (Phi) is 16.3. The van der Waals surface area contributed by atoms with Gasteiger partial charge < -0.3 is 31.4 Å². The summed E-state index contributed by atoms with van der Waals surface area (Å²) in [5.41, 5.74) is 13.6. The second-order valence-electron chi connectivity index (χ2n) is 21.0. The molecule has 3 aromatic carbocycles. The van der Waals surface area contributed by atoms with Gasteiger partial charge in [0.1, 0.15) is 29.1 Å². The fourth-order valence-electron chi connectivity index (χ4n) is 12.2. The van der Waals surface area contributed by atoms with E-state index in [4.69, 9.17) is 15.7 Å². The number of aliphatic carboxylic acids is 1. The van der Waals surface area contributed by atoms with Gasteiger partial charge in [-0.3, -0.25) is 38.7 Å². The number of carbonyl (C=O) groups excluding carboxylic acids is 5. The van der Waals surface area contributed by atoms with Crippen LogP contribution < -0.4 is 32.3 Å². The quantitative estimate of drug-likeness (QED) is 0.0184. The second kappa shape index (κ2) is 23.1. The number of aromatic amines is 2. The lowest BCUT2D eigenvalue weighted by Crippen LogP contribution is -2.44. The second-order valence-corrected chi connectivity index (χ2v) is 24.6. The molecule has 3 aliphatic rings. The van der Waals surface area contributed by atoms with Crippen LogP contribution in [-0.4, -0.2) is 85.5 Å². The Hall–Kier alpha value is -7.41. The number of nitrogens with zero attached hydrogens (tertiary/aromatic N) is 2. The van der Waals surface area contributed by atoms with E-state index in [1.807, 2.05) is 93.6 Å². The molecule has 5 heterocycles. The van der Waals surface area contributed by atoms with Crippen LogP contribution in [0.15, 0.2) is 109 Å². The van der Waals surface area contributed by atoms with Crippen molar-refractivity contribution in [3.05, 3.63) is 160 Å². The molecule has 77 heavy (non-hydrogen) atoms. The fraction of sp³-hybridized carbons (Fsp3) is 0.355. The Labute approximate surface area is 449 Å². The first-order valence-corrected chi connectivity index (χ1v) is 28.9. The Morgan fingerprint density at radius 1 is 0.727 bits per heavy atom. The maximum atomic E-state index is 14.3. The molecule has 1 unspecified atom stereocenters. The van der Waals surface area contributed by atoms with Crippen LogP contribution in [0.3, 0.4) is 0 Å². The summed E-state index contributed by atoms with van der Waals surface area (Å²) < 4.78 is 0. The largest absolute Gasteiger partial charge is 0.480 e. The van der Waals surface area contributed by atoms with Gasteiger partial charge in [-0.15, -0.1) is 0 Å². The van der Waals surface area contributed by atoms with Gasteiger partial charge in [0.25, 0.3) is 0 Å².